The van der Waals surface area contributed by atoms with Gasteiger partial charge in [0, 0.05) is 154 Å². The predicted octanol–water partition coefficient (Wildman–Crippen LogP) is 11.6. The van der Waals surface area contributed by atoms with Gasteiger partial charge in [-0.3, -0.25) is 23.8 Å². The van der Waals surface area contributed by atoms with Crippen LogP contribution in [0.15, 0.2) is 202 Å². The number of fused-ring (bicyclic) bond motifs is 3. The minimum absolute atomic E-state index is 0. The molecule has 26 nitrogen and oxygen atoms in total. The molecule has 3 saturated heterocycles. The Balaban J connectivity index is 0.000000185. The predicted molar refractivity (Wildman–Crippen MR) is 411 cm³/mol. The number of hydrogen-bond acceptors (Lipinski definition) is 21. The van der Waals surface area contributed by atoms with E-state index in [-0.39, 0.29) is 63.2 Å². The van der Waals surface area contributed by atoms with Crippen molar-refractivity contribution in [2.75, 3.05) is 84.9 Å². The Morgan fingerprint density at radius 1 is 0.638 bits per heavy atom. The van der Waals surface area contributed by atoms with Crippen LogP contribution in [0, 0.1) is 0 Å². The molecule has 11 aromatic rings. The maximum atomic E-state index is 13.1. The van der Waals surface area contributed by atoms with Crippen LogP contribution in [0.4, 0.5) is 21.6 Å². The number of sulfonamides is 2. The molecule has 6 aromatic heterocycles. The van der Waals surface area contributed by atoms with Gasteiger partial charge in [-0.1, -0.05) is 53.5 Å². The highest BCUT2D eigenvalue weighted by Gasteiger charge is 2.32. The average molecular weight is 1560 g/mol. The molecule has 15 rings (SSSR count). The van der Waals surface area contributed by atoms with Crippen molar-refractivity contribution >= 4 is 137 Å². The largest absolute Gasteiger partial charge is 0.454 e. The topological polar surface area (TPSA) is 307 Å². The Bertz CT molecular complexity index is 5250. The number of nitrogens with zero attached hydrogens (tertiary/aromatic N) is 12. The van der Waals surface area contributed by atoms with E-state index in [9.17, 15) is 44.7 Å². The number of aryl methyl sites for hydroxylation is 1. The first-order valence-electron chi connectivity index (χ1n) is 33.5. The quantitative estimate of drug-likeness (QED) is 0.0677. The zero-order valence-electron chi connectivity index (χ0n) is 56.5. The number of carbonyl (C=O) groups excluding carboxylic acids is 3. The molecule has 3 fully saturated rings. The van der Waals surface area contributed by atoms with Gasteiger partial charge in [0.1, 0.15) is 18.5 Å². The summed E-state index contributed by atoms with van der Waals surface area (Å²) in [6.45, 7) is 8.24. The third-order valence-corrected chi connectivity index (χ3v) is 25.1. The fourth-order valence-electron chi connectivity index (χ4n) is 13.0. The van der Waals surface area contributed by atoms with Gasteiger partial charge in [-0.05, 0) is 140 Å². The van der Waals surface area contributed by atoms with Crippen LogP contribution in [0.1, 0.15) is 60.7 Å². The summed E-state index contributed by atoms with van der Waals surface area (Å²) in [5, 5.41) is 17.9. The van der Waals surface area contributed by atoms with Crippen LogP contribution in [0.2, 0.25) is 10.0 Å². The van der Waals surface area contributed by atoms with Gasteiger partial charge in [0.25, 0.3) is 26.0 Å². The zero-order chi connectivity index (χ0) is 73.4. The highest BCUT2D eigenvalue weighted by Crippen LogP contribution is 2.36. The summed E-state index contributed by atoms with van der Waals surface area (Å²) in [5.74, 6) is 1.02. The van der Waals surface area contributed by atoms with Crippen LogP contribution in [0.3, 0.4) is 0 Å². The number of anilines is 4. The summed E-state index contributed by atoms with van der Waals surface area (Å²) >= 11 is 14.8. The van der Waals surface area contributed by atoms with Crippen molar-refractivity contribution in [3.63, 3.8) is 0 Å². The lowest BCUT2D eigenvalue weighted by Crippen LogP contribution is -2.54. The molecule has 0 spiro atoms. The summed E-state index contributed by atoms with van der Waals surface area (Å²) in [4.78, 5) is 69.2. The highest BCUT2D eigenvalue weighted by atomic mass is 35.5. The molecule has 3 amide bonds. The summed E-state index contributed by atoms with van der Waals surface area (Å²) in [6, 6.07) is 38.6. The third kappa shape index (κ3) is 17.6. The standard InChI is InChI=1S/2C24H24ClN5O3S2.C24H24N4O6S.4H2/c1-17-15-28(19-5-7-20(8-6-19)35(32,33)27-24-26-10-14-34-24)12-13-30(17)22(31)16-29-11-9-18-3-2-4-21(25)23(18)29;25-20-15-19-7-12-30(23(19)27-16-20)13-8-22(31)29-10-5-18(6-11-29)17-1-3-21(4-2-17)35(32,33)28-24-26-9-14-34-24;29-23(17-1-6-21-22(13-17)34-16-33-21)24(30)28-11-9-27(10-12-28)19-2-4-20(5-3-19)35(31,32)14-18-7-8-25-15-26-18;;;;/h2-11,14,17H,12-13,15-16H2,1H3,(H,26,27);1-4,7,9,12,14-16,18H,5-6,8,10-11,13H2,(H,26,28);1-8,13,15,23,29H,9-12,14,16H2;4*1H/t17-;;;;;;/m1....../s1. The molecule has 0 radical (unpaired) electrons. The third-order valence-electron chi connectivity index (χ3n) is 18.5. The van der Waals surface area contributed by atoms with Crippen LogP contribution in [0.5, 0.6) is 11.5 Å². The van der Waals surface area contributed by atoms with E-state index in [4.69, 9.17) is 32.7 Å². The number of thiazole rings is 2. The first kappa shape index (κ1) is 73.6. The number of aliphatic hydroxyl groups excluding tert-OH is 1. The molecule has 0 bridgehead atoms. The van der Waals surface area contributed by atoms with Gasteiger partial charge in [0.2, 0.25) is 18.6 Å². The summed E-state index contributed by atoms with van der Waals surface area (Å²) in [7, 11) is -10.9. The van der Waals surface area contributed by atoms with E-state index in [0.29, 0.717) is 121 Å². The zero-order valence-corrected chi connectivity index (χ0v) is 62.1. The van der Waals surface area contributed by atoms with Gasteiger partial charge in [0.15, 0.2) is 37.7 Å². The second-order valence-corrected chi connectivity index (χ2v) is 33.2. The number of piperazine rings is 2. The number of halogens is 2. The van der Waals surface area contributed by atoms with Crippen LogP contribution < -0.4 is 28.7 Å². The van der Waals surface area contributed by atoms with E-state index >= 15 is 0 Å². The Kier molecular flexibility index (Phi) is 22.7. The van der Waals surface area contributed by atoms with Gasteiger partial charge in [-0.2, -0.15) is 0 Å². The minimum Gasteiger partial charge on any atom is -0.454 e. The summed E-state index contributed by atoms with van der Waals surface area (Å²) in [5.41, 5.74) is 5.47. The Hall–Kier alpha value is -9.73. The smallest absolute Gasteiger partial charge is 0.263 e. The van der Waals surface area contributed by atoms with Crippen LogP contribution >= 0.6 is 45.9 Å². The average Bonchev–Trinajstić information content (AvgIpc) is 1.46. The van der Waals surface area contributed by atoms with Crippen molar-refractivity contribution in [3.8, 4) is 11.5 Å². The molecule has 0 aliphatic carbocycles. The molecular formula is C72H80Cl2N14O12S5. The van der Waals surface area contributed by atoms with Gasteiger partial charge < -0.3 is 48.2 Å². The number of para-hydroxylation sites is 1. The molecule has 2 atom stereocenters. The molecule has 105 heavy (non-hydrogen) atoms. The first-order chi connectivity index (χ1) is 50.6. The number of pyridine rings is 1. The number of piperidine rings is 1. The maximum Gasteiger partial charge on any atom is 0.263 e. The minimum atomic E-state index is -3.69. The van der Waals surface area contributed by atoms with E-state index in [2.05, 4.69) is 44.2 Å². The van der Waals surface area contributed by atoms with Crippen LogP contribution in [0.25, 0.3) is 21.9 Å². The molecule has 4 aliphatic heterocycles. The Labute approximate surface area is 630 Å². The normalized spacial score (nSPS) is 15.9. The van der Waals surface area contributed by atoms with Crippen molar-refractivity contribution < 1.29 is 59.9 Å². The number of aliphatic hydroxyl groups is 1. The monoisotopic (exact) mass is 1560 g/mol. The number of carbonyl (C=O) groups is 3. The van der Waals surface area contributed by atoms with Crippen molar-refractivity contribution in [2.45, 2.75) is 77.8 Å². The number of sulfone groups is 1. The summed E-state index contributed by atoms with van der Waals surface area (Å²) < 4.78 is 95.1. The second-order valence-electron chi connectivity index (χ2n) is 25.2. The van der Waals surface area contributed by atoms with E-state index < -0.39 is 36.0 Å². The highest BCUT2D eigenvalue weighted by molar-refractivity contribution is 7.93. The molecule has 4 aliphatic rings. The van der Waals surface area contributed by atoms with Crippen molar-refractivity contribution in [1.82, 2.24) is 48.8 Å². The number of nitrogens with one attached hydrogen (secondary N) is 2. The molecule has 3 N–H and O–H groups in total. The molecule has 0 saturated carbocycles. The molecule has 5 aromatic carbocycles. The van der Waals surface area contributed by atoms with Crippen LogP contribution in [-0.2, 0) is 63.1 Å². The van der Waals surface area contributed by atoms with Gasteiger partial charge in [-0.15, -0.1) is 22.7 Å². The molecule has 33 heteroatoms. The molecular weight excluding hydrogens is 1480 g/mol. The van der Waals surface area contributed by atoms with Crippen molar-refractivity contribution in [1.29, 1.82) is 0 Å². The van der Waals surface area contributed by atoms with Gasteiger partial charge >= 0.3 is 0 Å². The fourth-order valence-corrected chi connectivity index (χ4v) is 18.3. The van der Waals surface area contributed by atoms with Crippen LogP contribution in [-0.4, -0.2) is 169 Å². The Morgan fingerprint density at radius 2 is 1.27 bits per heavy atom. The molecule has 10 heterocycles. The SMILES string of the molecule is C[C@@H]1CN(c2ccc(S(=O)(=O)Nc3nccs3)cc2)CCN1C(=O)Cn1ccc2cccc(Cl)c21.O=C(C(O)c1ccc2c(c1)OCO2)N1CCN(c2ccc(S(=O)(=O)Cc3ccncn3)cc2)CC1.O=C(CCn1ccc2cc(Cl)cnc21)N1CCC(c2ccc(S(=O)(=O)Nc3nccs3)cc2)CC1.[HH].[HH].[HH].[HH]. The van der Waals surface area contributed by atoms with E-state index in [1.807, 2.05) is 86.8 Å². The maximum absolute atomic E-state index is 13.1. The lowest BCUT2D eigenvalue weighted by molar-refractivity contribution is -0.141. The Morgan fingerprint density at radius 3 is 1.91 bits per heavy atom. The molecule has 554 valence electrons. The number of ether oxygens (including phenoxy) is 2. The van der Waals surface area contributed by atoms with Crippen molar-refractivity contribution in [2.24, 2.45) is 0 Å². The number of rotatable bonds is 19. The number of aromatic nitrogens is 7. The van der Waals surface area contributed by atoms with Gasteiger partial charge in [-0.25, -0.2) is 50.2 Å². The lowest BCUT2D eigenvalue weighted by Gasteiger charge is -2.41. The van der Waals surface area contributed by atoms with Crippen molar-refractivity contribution in [3.05, 3.63) is 215 Å². The first-order valence-corrected chi connectivity index (χ1v) is 40.6. The number of amides is 3. The second kappa shape index (κ2) is 32.3. The number of benzene rings is 5. The van der Waals surface area contributed by atoms with E-state index in [0.717, 1.165) is 51.7 Å². The lowest BCUT2D eigenvalue weighted by atomic mass is 9.89. The van der Waals surface area contributed by atoms with E-state index in [1.165, 1.54) is 35.2 Å². The number of likely N-dealkylation sites (tertiary alicyclic amines) is 1. The number of hydrogen-bond donors (Lipinski definition) is 3. The fraction of sp³-hybridized carbons (Fsp3) is 0.278. The molecule has 1 unspecified atom stereocenters. The van der Waals surface area contributed by atoms with E-state index in [1.54, 1.807) is 119 Å². The summed E-state index contributed by atoms with van der Waals surface area (Å²) in [6.07, 6.45) is 12.2. The van der Waals surface area contributed by atoms with Gasteiger partial charge in [0.05, 0.1) is 41.7 Å².